The summed E-state index contributed by atoms with van der Waals surface area (Å²) < 4.78 is 5.73. The van der Waals surface area contributed by atoms with E-state index in [2.05, 4.69) is 17.6 Å². The Morgan fingerprint density at radius 1 is 1.08 bits per heavy atom. The molecule has 0 saturated heterocycles. The zero-order valence-corrected chi connectivity index (χ0v) is 16.6. The molecule has 0 aliphatic rings. The van der Waals surface area contributed by atoms with Crippen LogP contribution < -0.4 is 10.6 Å². The third-order valence-corrected chi connectivity index (χ3v) is 3.87. The normalized spacial score (nSPS) is 12.5. The molecule has 1 rings (SSSR count). The summed E-state index contributed by atoms with van der Waals surface area (Å²) in [5.41, 5.74) is 0.546. The molecule has 146 valence electrons. The number of nitrogens with one attached hydrogen (secondary N) is 2. The summed E-state index contributed by atoms with van der Waals surface area (Å²) in [7, 11) is 0. The van der Waals surface area contributed by atoms with E-state index in [1.807, 2.05) is 51.1 Å². The molecule has 0 aliphatic heterocycles. The van der Waals surface area contributed by atoms with Crippen LogP contribution in [0.2, 0.25) is 0 Å². The van der Waals surface area contributed by atoms with Crippen molar-refractivity contribution in [1.29, 1.82) is 0 Å². The number of ether oxygens (including phenoxy) is 1. The maximum absolute atomic E-state index is 12.5. The summed E-state index contributed by atoms with van der Waals surface area (Å²) in [6.45, 7) is 8.72. The van der Waals surface area contributed by atoms with Crippen molar-refractivity contribution in [2.45, 2.75) is 71.4 Å². The fourth-order valence-corrected chi connectivity index (χ4v) is 2.43. The average molecular weight is 363 g/mol. The molecule has 0 aromatic heterocycles. The minimum atomic E-state index is -0.684. The number of hydrogen-bond donors (Lipinski definition) is 2. The Bertz CT molecular complexity index is 538. The fraction of sp³-hybridized carbons (Fsp3) is 0.619. The molecule has 5 heteroatoms. The highest BCUT2D eigenvalue weighted by atomic mass is 16.5. The van der Waals surface area contributed by atoms with Gasteiger partial charge in [-0.1, -0.05) is 56.5 Å². The van der Waals surface area contributed by atoms with Crippen LogP contribution in [0.4, 0.5) is 0 Å². The third-order valence-electron chi connectivity index (χ3n) is 3.87. The van der Waals surface area contributed by atoms with Gasteiger partial charge in [0, 0.05) is 6.54 Å². The lowest BCUT2D eigenvalue weighted by atomic mass is 10.1. The monoisotopic (exact) mass is 362 g/mol. The van der Waals surface area contributed by atoms with E-state index in [1.54, 1.807) is 0 Å². The van der Waals surface area contributed by atoms with Gasteiger partial charge in [-0.2, -0.15) is 0 Å². The summed E-state index contributed by atoms with van der Waals surface area (Å²) >= 11 is 0. The molecule has 1 aromatic rings. The molecule has 0 bridgehead atoms. The van der Waals surface area contributed by atoms with Crippen LogP contribution in [0.15, 0.2) is 30.3 Å². The van der Waals surface area contributed by atoms with Gasteiger partial charge in [-0.15, -0.1) is 0 Å². The second-order valence-corrected chi connectivity index (χ2v) is 7.56. The molecule has 26 heavy (non-hydrogen) atoms. The van der Waals surface area contributed by atoms with E-state index in [4.69, 9.17) is 4.74 Å². The van der Waals surface area contributed by atoms with Crippen molar-refractivity contribution >= 4 is 11.8 Å². The Hall–Kier alpha value is -1.88. The Balaban J connectivity index is 2.56. The molecule has 0 aliphatic carbocycles. The minimum Gasteiger partial charge on any atom is -0.373 e. The van der Waals surface area contributed by atoms with Crippen molar-refractivity contribution in [2.75, 3.05) is 13.2 Å². The second kappa shape index (κ2) is 11.7. The highest BCUT2D eigenvalue weighted by Gasteiger charge is 2.23. The summed E-state index contributed by atoms with van der Waals surface area (Å²) in [6.07, 6.45) is 4.62. The minimum absolute atomic E-state index is 0.158. The lowest BCUT2D eigenvalue weighted by Gasteiger charge is -2.24. The first kappa shape index (κ1) is 22.2. The second-order valence-electron chi connectivity index (χ2n) is 7.56. The lowest BCUT2D eigenvalue weighted by Crippen LogP contribution is -2.50. The quantitative estimate of drug-likeness (QED) is 0.594. The van der Waals surface area contributed by atoms with Gasteiger partial charge in [-0.3, -0.25) is 9.59 Å². The predicted molar refractivity (Wildman–Crippen MR) is 105 cm³/mol. The summed E-state index contributed by atoms with van der Waals surface area (Å²) in [6, 6.07) is 8.81. The zero-order valence-electron chi connectivity index (χ0n) is 16.6. The van der Waals surface area contributed by atoms with E-state index >= 15 is 0 Å². The van der Waals surface area contributed by atoms with Crippen LogP contribution in [-0.2, 0) is 20.7 Å². The first-order valence-corrected chi connectivity index (χ1v) is 9.57. The molecule has 1 atom stereocenters. The average Bonchev–Trinajstić information content (AvgIpc) is 2.58. The van der Waals surface area contributed by atoms with Gasteiger partial charge in [0.25, 0.3) is 0 Å². The SMILES string of the molecule is CCCCCCNC(=O)[C@H](COC(C)(C)C)NC(=O)Cc1ccccc1. The van der Waals surface area contributed by atoms with Gasteiger partial charge >= 0.3 is 0 Å². The van der Waals surface area contributed by atoms with Crippen LogP contribution in [0.5, 0.6) is 0 Å². The highest BCUT2D eigenvalue weighted by Crippen LogP contribution is 2.08. The lowest BCUT2D eigenvalue weighted by molar-refractivity contribution is -0.132. The molecule has 0 radical (unpaired) electrons. The van der Waals surface area contributed by atoms with E-state index in [1.165, 1.54) is 6.42 Å². The largest absolute Gasteiger partial charge is 0.373 e. The Kier molecular flexibility index (Phi) is 9.96. The number of hydrogen-bond acceptors (Lipinski definition) is 3. The van der Waals surface area contributed by atoms with Gasteiger partial charge in [0.15, 0.2) is 0 Å². The summed E-state index contributed by atoms with van der Waals surface area (Å²) in [5, 5.41) is 5.73. The topological polar surface area (TPSA) is 67.4 Å². The van der Waals surface area contributed by atoms with E-state index in [0.29, 0.717) is 6.54 Å². The number of amides is 2. The zero-order chi connectivity index (χ0) is 19.4. The fourth-order valence-electron chi connectivity index (χ4n) is 2.43. The first-order valence-electron chi connectivity index (χ1n) is 9.57. The predicted octanol–water partition coefficient (Wildman–Crippen LogP) is 3.23. The maximum atomic E-state index is 12.5. The molecule has 0 spiro atoms. The van der Waals surface area contributed by atoms with Gasteiger partial charge in [0.05, 0.1) is 18.6 Å². The van der Waals surface area contributed by atoms with E-state index < -0.39 is 6.04 Å². The van der Waals surface area contributed by atoms with Crippen LogP contribution in [0.3, 0.4) is 0 Å². The highest BCUT2D eigenvalue weighted by molar-refractivity contribution is 5.88. The first-order chi connectivity index (χ1) is 12.3. The number of carbonyl (C=O) groups is 2. The summed E-state index contributed by atoms with van der Waals surface area (Å²) in [5.74, 6) is -0.369. The molecule has 0 unspecified atom stereocenters. The van der Waals surface area contributed by atoms with Crippen LogP contribution in [0.25, 0.3) is 0 Å². The van der Waals surface area contributed by atoms with Crippen LogP contribution in [-0.4, -0.2) is 36.6 Å². The van der Waals surface area contributed by atoms with E-state index in [-0.39, 0.29) is 30.4 Å². The molecule has 1 aromatic carbocycles. The van der Waals surface area contributed by atoms with Crippen molar-refractivity contribution in [3.05, 3.63) is 35.9 Å². The number of unbranched alkanes of at least 4 members (excludes halogenated alkanes) is 3. The van der Waals surface area contributed by atoms with Crippen molar-refractivity contribution < 1.29 is 14.3 Å². The van der Waals surface area contributed by atoms with E-state index in [0.717, 1.165) is 24.8 Å². The van der Waals surface area contributed by atoms with Crippen molar-refractivity contribution in [2.24, 2.45) is 0 Å². The van der Waals surface area contributed by atoms with Crippen molar-refractivity contribution in [1.82, 2.24) is 10.6 Å². The van der Waals surface area contributed by atoms with Gasteiger partial charge < -0.3 is 15.4 Å². The van der Waals surface area contributed by atoms with Gasteiger partial charge in [0.2, 0.25) is 11.8 Å². The molecular formula is C21H34N2O3. The molecule has 2 N–H and O–H groups in total. The Morgan fingerprint density at radius 2 is 1.77 bits per heavy atom. The van der Waals surface area contributed by atoms with Crippen LogP contribution >= 0.6 is 0 Å². The smallest absolute Gasteiger partial charge is 0.244 e. The Morgan fingerprint density at radius 3 is 2.38 bits per heavy atom. The Labute approximate surface area is 157 Å². The van der Waals surface area contributed by atoms with Crippen LogP contribution in [0.1, 0.15) is 58.9 Å². The molecule has 0 heterocycles. The van der Waals surface area contributed by atoms with E-state index in [9.17, 15) is 9.59 Å². The molecule has 0 fully saturated rings. The molecule has 0 saturated carbocycles. The van der Waals surface area contributed by atoms with Gasteiger partial charge in [-0.05, 0) is 32.8 Å². The summed E-state index contributed by atoms with van der Waals surface area (Å²) in [4.78, 5) is 24.8. The maximum Gasteiger partial charge on any atom is 0.244 e. The van der Waals surface area contributed by atoms with Crippen molar-refractivity contribution in [3.63, 3.8) is 0 Å². The standard InChI is InChI=1S/C21H34N2O3/c1-5-6-7-11-14-22-20(25)18(16-26-21(2,3)4)23-19(24)15-17-12-9-8-10-13-17/h8-10,12-13,18H,5-7,11,14-16H2,1-4H3,(H,22,25)(H,23,24)/t18-/m0/s1. The number of rotatable bonds is 11. The molecular weight excluding hydrogens is 328 g/mol. The third kappa shape index (κ3) is 10.2. The van der Waals surface area contributed by atoms with Gasteiger partial charge in [-0.25, -0.2) is 0 Å². The molecule has 2 amide bonds. The van der Waals surface area contributed by atoms with Crippen LogP contribution in [0, 0.1) is 0 Å². The number of benzene rings is 1. The number of carbonyl (C=O) groups excluding carboxylic acids is 2. The van der Waals surface area contributed by atoms with Gasteiger partial charge in [0.1, 0.15) is 6.04 Å². The van der Waals surface area contributed by atoms with Crippen molar-refractivity contribution in [3.8, 4) is 0 Å². The molecule has 5 nitrogen and oxygen atoms in total.